The maximum atomic E-state index is 11.1. The maximum Gasteiger partial charge on any atom is 0.226 e. The zero-order valence-electron chi connectivity index (χ0n) is 10.6. The standard InChI is InChI=1S/C15H12N2OS.BrH/c18-16-13(12-6-2-1-3-7-12)10-17-11-19-15-9-5-4-8-14(15)17;/h1-9,11H,10H2;1H/b16-13-;. The smallest absolute Gasteiger partial charge is 0.226 e. The number of nitrogens with zero attached hydrogens (tertiary/aromatic N) is 2. The van der Waals surface area contributed by atoms with E-state index in [1.165, 1.54) is 4.70 Å². The van der Waals surface area contributed by atoms with Crippen LogP contribution in [-0.2, 0) is 6.54 Å². The minimum Gasteiger partial charge on any atom is -0.792 e. The molecule has 102 valence electrons. The van der Waals surface area contributed by atoms with Crippen molar-refractivity contribution < 1.29 is 4.57 Å². The summed E-state index contributed by atoms with van der Waals surface area (Å²) in [6, 6.07) is 17.7. The molecule has 5 heteroatoms. The molecule has 1 heterocycles. The lowest BCUT2D eigenvalue weighted by Gasteiger charge is -2.05. The quantitative estimate of drug-likeness (QED) is 0.403. The van der Waals surface area contributed by atoms with Crippen LogP contribution in [0.1, 0.15) is 5.56 Å². The lowest BCUT2D eigenvalue weighted by atomic mass is 10.1. The zero-order chi connectivity index (χ0) is 13.1. The molecule has 0 atom stereocenters. The third-order valence-corrected chi connectivity index (χ3v) is 3.98. The van der Waals surface area contributed by atoms with E-state index in [4.69, 9.17) is 0 Å². The average molecular weight is 349 g/mol. The first-order chi connectivity index (χ1) is 9.38. The normalized spacial score (nSPS) is 11.3. The molecule has 0 aliphatic rings. The second kappa shape index (κ2) is 6.63. The molecule has 0 radical (unpaired) electrons. The summed E-state index contributed by atoms with van der Waals surface area (Å²) in [6.45, 7) is 0.498. The van der Waals surface area contributed by atoms with Crippen LogP contribution in [0.25, 0.3) is 10.2 Å². The monoisotopic (exact) mass is 348 g/mol. The Bertz CT molecular complexity index is 725. The number of para-hydroxylation sites is 1. The highest BCUT2D eigenvalue weighted by Gasteiger charge is 2.14. The molecule has 0 bridgehead atoms. The Balaban J connectivity index is 0.00000147. The molecule has 0 aliphatic heterocycles. The van der Waals surface area contributed by atoms with Gasteiger partial charge in [-0.1, -0.05) is 53.8 Å². The van der Waals surface area contributed by atoms with Gasteiger partial charge in [-0.25, -0.2) is 0 Å². The Hall–Kier alpha value is -1.72. The Morgan fingerprint density at radius 2 is 1.75 bits per heavy atom. The number of hydrogen-bond acceptors (Lipinski definition) is 3. The second-order valence-electron chi connectivity index (χ2n) is 4.22. The lowest BCUT2D eigenvalue weighted by Crippen LogP contribution is -2.36. The van der Waals surface area contributed by atoms with Crippen LogP contribution < -0.4 is 4.57 Å². The predicted octanol–water partition coefficient (Wildman–Crippen LogP) is 3.75. The summed E-state index contributed by atoms with van der Waals surface area (Å²) in [5.41, 5.74) is 4.58. The average Bonchev–Trinajstić information content (AvgIpc) is 2.89. The van der Waals surface area contributed by atoms with Crippen LogP contribution in [0, 0.1) is 5.21 Å². The van der Waals surface area contributed by atoms with Gasteiger partial charge in [0.1, 0.15) is 10.4 Å². The molecule has 3 nitrogen and oxygen atoms in total. The second-order valence-corrected chi connectivity index (χ2v) is 5.11. The van der Waals surface area contributed by atoms with E-state index in [1.807, 2.05) is 48.0 Å². The molecule has 2 aromatic carbocycles. The van der Waals surface area contributed by atoms with Crippen molar-refractivity contribution in [3.8, 4) is 0 Å². The van der Waals surface area contributed by atoms with Crippen molar-refractivity contribution in [2.24, 2.45) is 5.16 Å². The van der Waals surface area contributed by atoms with Crippen LogP contribution in [0.3, 0.4) is 0 Å². The molecule has 0 saturated carbocycles. The Labute approximate surface area is 131 Å². The Kier molecular flexibility index (Phi) is 4.87. The van der Waals surface area contributed by atoms with E-state index >= 15 is 0 Å². The van der Waals surface area contributed by atoms with Gasteiger partial charge in [0.25, 0.3) is 0 Å². The van der Waals surface area contributed by atoms with Crippen LogP contribution in [0.4, 0.5) is 0 Å². The van der Waals surface area contributed by atoms with E-state index in [-0.39, 0.29) is 17.0 Å². The van der Waals surface area contributed by atoms with Gasteiger partial charge in [0.2, 0.25) is 11.0 Å². The number of aromatic nitrogens is 1. The van der Waals surface area contributed by atoms with E-state index in [2.05, 4.69) is 21.9 Å². The third-order valence-electron chi connectivity index (χ3n) is 3.02. The van der Waals surface area contributed by atoms with Crippen molar-refractivity contribution >= 4 is 44.2 Å². The highest BCUT2D eigenvalue weighted by atomic mass is 79.9. The first-order valence-electron chi connectivity index (χ1n) is 5.99. The fourth-order valence-corrected chi connectivity index (χ4v) is 2.95. The van der Waals surface area contributed by atoms with Crippen LogP contribution in [0.15, 0.2) is 65.3 Å². The summed E-state index contributed by atoms with van der Waals surface area (Å²) in [5, 5.41) is 14.3. The fraction of sp³-hybridized carbons (Fsp3) is 0.0667. The molecule has 0 saturated heterocycles. The van der Waals surface area contributed by atoms with E-state index in [9.17, 15) is 5.21 Å². The zero-order valence-corrected chi connectivity index (χ0v) is 13.1. The van der Waals surface area contributed by atoms with Crippen molar-refractivity contribution in [2.75, 3.05) is 0 Å². The summed E-state index contributed by atoms with van der Waals surface area (Å²) in [7, 11) is 0. The molecule has 20 heavy (non-hydrogen) atoms. The lowest BCUT2D eigenvalue weighted by molar-refractivity contribution is -0.651. The van der Waals surface area contributed by atoms with Crippen molar-refractivity contribution in [3.63, 3.8) is 0 Å². The molecule has 0 N–H and O–H groups in total. The first kappa shape index (κ1) is 14.7. The number of fused-ring (bicyclic) bond motifs is 1. The highest BCUT2D eigenvalue weighted by molar-refractivity contribution is 8.93. The van der Waals surface area contributed by atoms with Gasteiger partial charge in [0, 0.05) is 11.6 Å². The van der Waals surface area contributed by atoms with Crippen LogP contribution in [0.5, 0.6) is 0 Å². The minimum atomic E-state index is 0. The number of benzene rings is 2. The summed E-state index contributed by atoms with van der Waals surface area (Å²) < 4.78 is 3.27. The number of rotatable bonds is 3. The van der Waals surface area contributed by atoms with Crippen molar-refractivity contribution in [1.29, 1.82) is 0 Å². The van der Waals surface area contributed by atoms with Crippen molar-refractivity contribution in [1.82, 2.24) is 0 Å². The molecule has 3 rings (SSSR count). The highest BCUT2D eigenvalue weighted by Crippen LogP contribution is 2.15. The third kappa shape index (κ3) is 2.89. The molecule has 0 amide bonds. The number of thiazole rings is 1. The fourth-order valence-electron chi connectivity index (χ4n) is 2.06. The number of hydrogen-bond donors (Lipinski definition) is 0. The van der Waals surface area contributed by atoms with Crippen LogP contribution in [0.2, 0.25) is 0 Å². The SMILES string of the molecule is Br.[O-]/N=C(/C[n+]1csc2ccccc21)c1ccccc1. The molecular formula is C15H13BrN2OS. The van der Waals surface area contributed by atoms with Gasteiger partial charge in [-0.3, -0.25) is 0 Å². The van der Waals surface area contributed by atoms with Gasteiger partial charge in [-0.15, -0.1) is 17.0 Å². The summed E-state index contributed by atoms with van der Waals surface area (Å²) in [6.07, 6.45) is 0. The summed E-state index contributed by atoms with van der Waals surface area (Å²) in [5.74, 6) is 0. The Morgan fingerprint density at radius 1 is 1.05 bits per heavy atom. The number of halogens is 1. The molecule has 0 spiro atoms. The van der Waals surface area contributed by atoms with Crippen LogP contribution >= 0.6 is 28.3 Å². The minimum absolute atomic E-state index is 0. The largest absolute Gasteiger partial charge is 0.792 e. The van der Waals surface area contributed by atoms with Gasteiger partial charge >= 0.3 is 0 Å². The molecule has 1 aromatic heterocycles. The predicted molar refractivity (Wildman–Crippen MR) is 88.7 cm³/mol. The van der Waals surface area contributed by atoms with Gasteiger partial charge < -0.3 is 10.4 Å². The van der Waals surface area contributed by atoms with Gasteiger partial charge in [-0.05, 0) is 6.07 Å². The molecule has 0 fully saturated rings. The van der Waals surface area contributed by atoms with E-state index in [0.29, 0.717) is 12.3 Å². The topological polar surface area (TPSA) is 39.3 Å². The van der Waals surface area contributed by atoms with Gasteiger partial charge in [0.15, 0.2) is 6.54 Å². The van der Waals surface area contributed by atoms with Gasteiger partial charge in [-0.2, -0.15) is 4.57 Å². The Morgan fingerprint density at radius 3 is 2.50 bits per heavy atom. The molecule has 3 aromatic rings. The van der Waals surface area contributed by atoms with E-state index in [1.54, 1.807) is 11.3 Å². The molecular weight excluding hydrogens is 336 g/mol. The van der Waals surface area contributed by atoms with Crippen molar-refractivity contribution in [2.45, 2.75) is 6.54 Å². The van der Waals surface area contributed by atoms with Gasteiger partial charge in [0.05, 0.1) is 0 Å². The van der Waals surface area contributed by atoms with Crippen LogP contribution in [-0.4, -0.2) is 5.71 Å². The summed E-state index contributed by atoms with van der Waals surface area (Å²) in [4.78, 5) is 0. The van der Waals surface area contributed by atoms with E-state index < -0.39 is 0 Å². The van der Waals surface area contributed by atoms with Crippen molar-refractivity contribution in [3.05, 3.63) is 70.9 Å². The van der Waals surface area contributed by atoms with E-state index in [0.717, 1.165) is 11.1 Å². The molecule has 0 unspecified atom stereocenters. The summed E-state index contributed by atoms with van der Waals surface area (Å²) >= 11 is 1.67. The maximum absolute atomic E-state index is 11.1. The first-order valence-corrected chi connectivity index (χ1v) is 6.87. The molecule has 0 aliphatic carbocycles.